The molecule has 3 rings (SSSR count). The zero-order valence-corrected chi connectivity index (χ0v) is 14.4. The molecule has 2 amide bonds. The van der Waals surface area contributed by atoms with E-state index >= 15 is 0 Å². The van der Waals surface area contributed by atoms with Crippen LogP contribution in [0.4, 0.5) is 8.78 Å². The van der Waals surface area contributed by atoms with Gasteiger partial charge < -0.3 is 9.80 Å². The van der Waals surface area contributed by atoms with Gasteiger partial charge in [-0.1, -0.05) is 12.1 Å². The first-order chi connectivity index (χ1) is 12.5. The van der Waals surface area contributed by atoms with Crippen LogP contribution >= 0.6 is 0 Å². The van der Waals surface area contributed by atoms with Crippen molar-refractivity contribution >= 4 is 11.8 Å². The van der Waals surface area contributed by atoms with Crippen LogP contribution in [0.5, 0.6) is 0 Å². The monoisotopic (exact) mass is 359 g/mol. The molecule has 0 aliphatic carbocycles. The van der Waals surface area contributed by atoms with Gasteiger partial charge in [0, 0.05) is 44.0 Å². The van der Waals surface area contributed by atoms with Gasteiger partial charge in [-0.15, -0.1) is 0 Å². The third-order valence-corrected chi connectivity index (χ3v) is 4.54. The smallest absolute Gasteiger partial charge is 0.242 e. The Morgan fingerprint density at radius 2 is 2.15 bits per heavy atom. The molecule has 1 aromatic carbocycles. The number of likely N-dealkylation sites (N-methyl/N-ethyl adjacent to an activating group) is 1. The second-order valence-electron chi connectivity index (χ2n) is 6.28. The summed E-state index contributed by atoms with van der Waals surface area (Å²) in [5, 5.41) is 0. The third-order valence-electron chi connectivity index (χ3n) is 4.54. The number of nitrogens with zero attached hydrogens (tertiary/aromatic N) is 3. The topological polar surface area (TPSA) is 53.5 Å². The Labute approximate surface area is 150 Å². The maximum absolute atomic E-state index is 14.4. The lowest BCUT2D eigenvalue weighted by molar-refractivity contribution is -0.138. The number of carbonyl (C=O) groups is 2. The summed E-state index contributed by atoms with van der Waals surface area (Å²) in [6.45, 7) is 0.482. The van der Waals surface area contributed by atoms with E-state index in [0.29, 0.717) is 18.5 Å². The van der Waals surface area contributed by atoms with E-state index in [2.05, 4.69) is 4.98 Å². The first kappa shape index (κ1) is 18.0. The number of rotatable bonds is 5. The Morgan fingerprint density at radius 1 is 1.35 bits per heavy atom. The van der Waals surface area contributed by atoms with Crippen LogP contribution in [-0.4, -0.2) is 46.7 Å². The van der Waals surface area contributed by atoms with Crippen molar-refractivity contribution in [1.29, 1.82) is 0 Å². The largest absolute Gasteiger partial charge is 0.333 e. The zero-order valence-electron chi connectivity index (χ0n) is 14.4. The summed E-state index contributed by atoms with van der Waals surface area (Å²) in [5.41, 5.74) is 0.768. The predicted molar refractivity (Wildman–Crippen MR) is 91.0 cm³/mol. The number of carbonyl (C=O) groups excluding carboxylic acids is 2. The molecule has 0 bridgehead atoms. The van der Waals surface area contributed by atoms with Gasteiger partial charge in [0.1, 0.15) is 11.6 Å². The van der Waals surface area contributed by atoms with E-state index in [1.807, 2.05) is 0 Å². The van der Waals surface area contributed by atoms with Gasteiger partial charge in [-0.05, 0) is 24.1 Å². The van der Waals surface area contributed by atoms with Crippen LogP contribution in [0.2, 0.25) is 0 Å². The average molecular weight is 359 g/mol. The summed E-state index contributed by atoms with van der Waals surface area (Å²) < 4.78 is 27.7. The number of aromatic nitrogens is 1. The standard InChI is InChI=1S/C19H19F2N3O2/c1-23(18(26)12-24-9-3-5-17(24)25)19(13-4-2-8-22-11-13)15-7-6-14(20)10-16(15)21/h2,4,6-8,10-11,19H,3,5,9,12H2,1H3. The molecule has 2 heterocycles. The molecule has 1 aliphatic rings. The Balaban J connectivity index is 1.92. The summed E-state index contributed by atoms with van der Waals surface area (Å²) in [6.07, 6.45) is 4.29. The SMILES string of the molecule is CN(C(=O)CN1CCCC1=O)C(c1cccnc1)c1ccc(F)cc1F. The summed E-state index contributed by atoms with van der Waals surface area (Å²) in [6, 6.07) is 5.92. The molecule has 0 radical (unpaired) electrons. The molecule has 2 aromatic rings. The van der Waals surface area contributed by atoms with Gasteiger partial charge in [-0.3, -0.25) is 14.6 Å². The van der Waals surface area contributed by atoms with Crippen molar-refractivity contribution in [3.8, 4) is 0 Å². The molecule has 5 nitrogen and oxygen atoms in total. The lowest BCUT2D eigenvalue weighted by Crippen LogP contribution is -2.41. The Bertz CT molecular complexity index is 814. The number of benzene rings is 1. The van der Waals surface area contributed by atoms with Crippen LogP contribution < -0.4 is 0 Å². The minimum atomic E-state index is -0.769. The number of amides is 2. The zero-order chi connectivity index (χ0) is 18.7. The Kier molecular flexibility index (Phi) is 5.25. The third kappa shape index (κ3) is 3.71. The summed E-state index contributed by atoms with van der Waals surface area (Å²) in [5.74, 6) is -1.81. The highest BCUT2D eigenvalue weighted by atomic mass is 19.1. The normalized spacial score (nSPS) is 15.2. The van der Waals surface area contributed by atoms with E-state index < -0.39 is 17.7 Å². The lowest BCUT2D eigenvalue weighted by Gasteiger charge is -2.30. The molecule has 136 valence electrons. The second kappa shape index (κ2) is 7.59. The van der Waals surface area contributed by atoms with E-state index in [1.54, 1.807) is 25.4 Å². The summed E-state index contributed by atoms with van der Waals surface area (Å²) >= 11 is 0. The molecular weight excluding hydrogens is 340 g/mol. The van der Waals surface area contributed by atoms with Crippen molar-refractivity contribution in [2.45, 2.75) is 18.9 Å². The van der Waals surface area contributed by atoms with Crippen LogP contribution in [0.15, 0.2) is 42.7 Å². The average Bonchev–Trinajstić information content (AvgIpc) is 3.02. The minimum Gasteiger partial charge on any atom is -0.333 e. The van der Waals surface area contributed by atoms with Crippen molar-refractivity contribution in [2.24, 2.45) is 0 Å². The molecule has 1 saturated heterocycles. The highest BCUT2D eigenvalue weighted by molar-refractivity contribution is 5.86. The molecular formula is C19H19F2N3O2. The summed E-state index contributed by atoms with van der Waals surface area (Å²) in [4.78, 5) is 31.4. The minimum absolute atomic E-state index is 0.0577. The van der Waals surface area contributed by atoms with E-state index in [-0.39, 0.29) is 23.9 Å². The van der Waals surface area contributed by atoms with Gasteiger partial charge in [0.2, 0.25) is 11.8 Å². The number of halogens is 2. The molecule has 0 spiro atoms. The van der Waals surface area contributed by atoms with E-state index in [0.717, 1.165) is 18.6 Å². The molecule has 0 N–H and O–H groups in total. The number of likely N-dealkylation sites (tertiary alicyclic amines) is 1. The fourth-order valence-corrected chi connectivity index (χ4v) is 3.16. The molecule has 1 aliphatic heterocycles. The van der Waals surface area contributed by atoms with Crippen molar-refractivity contribution in [1.82, 2.24) is 14.8 Å². The Morgan fingerprint density at radius 3 is 2.77 bits per heavy atom. The van der Waals surface area contributed by atoms with Crippen molar-refractivity contribution in [3.63, 3.8) is 0 Å². The number of hydrogen-bond acceptors (Lipinski definition) is 3. The van der Waals surface area contributed by atoms with E-state index in [1.165, 1.54) is 22.1 Å². The maximum atomic E-state index is 14.4. The summed E-state index contributed by atoms with van der Waals surface area (Å²) in [7, 11) is 1.54. The quantitative estimate of drug-likeness (QED) is 0.824. The first-order valence-electron chi connectivity index (χ1n) is 8.35. The maximum Gasteiger partial charge on any atom is 0.242 e. The fourth-order valence-electron chi connectivity index (χ4n) is 3.16. The molecule has 26 heavy (non-hydrogen) atoms. The van der Waals surface area contributed by atoms with Crippen LogP contribution in [0.1, 0.15) is 30.0 Å². The number of hydrogen-bond donors (Lipinski definition) is 0. The van der Waals surface area contributed by atoms with Crippen molar-refractivity contribution < 1.29 is 18.4 Å². The fraction of sp³-hybridized carbons (Fsp3) is 0.316. The highest BCUT2D eigenvalue weighted by Gasteiger charge is 2.29. The van der Waals surface area contributed by atoms with Gasteiger partial charge >= 0.3 is 0 Å². The lowest BCUT2D eigenvalue weighted by atomic mass is 9.98. The van der Waals surface area contributed by atoms with Gasteiger partial charge in [-0.2, -0.15) is 0 Å². The van der Waals surface area contributed by atoms with E-state index in [9.17, 15) is 18.4 Å². The first-order valence-corrected chi connectivity index (χ1v) is 8.35. The van der Waals surface area contributed by atoms with Crippen molar-refractivity contribution in [2.75, 3.05) is 20.1 Å². The van der Waals surface area contributed by atoms with Gasteiger partial charge in [0.15, 0.2) is 0 Å². The number of pyridine rings is 1. The van der Waals surface area contributed by atoms with Crippen LogP contribution in [0.25, 0.3) is 0 Å². The van der Waals surface area contributed by atoms with Gasteiger partial charge in [0.25, 0.3) is 0 Å². The molecule has 1 fully saturated rings. The van der Waals surface area contributed by atoms with Gasteiger partial charge in [-0.25, -0.2) is 8.78 Å². The molecule has 0 saturated carbocycles. The molecule has 7 heteroatoms. The van der Waals surface area contributed by atoms with Crippen LogP contribution in [-0.2, 0) is 9.59 Å². The van der Waals surface area contributed by atoms with Crippen LogP contribution in [0.3, 0.4) is 0 Å². The molecule has 1 aromatic heterocycles. The molecule has 1 unspecified atom stereocenters. The predicted octanol–water partition coefficient (Wildman–Crippen LogP) is 2.53. The van der Waals surface area contributed by atoms with Crippen LogP contribution in [0, 0.1) is 11.6 Å². The van der Waals surface area contributed by atoms with E-state index in [4.69, 9.17) is 0 Å². The van der Waals surface area contributed by atoms with Gasteiger partial charge in [0.05, 0.1) is 12.6 Å². The Hall–Kier alpha value is -2.83. The second-order valence-corrected chi connectivity index (χ2v) is 6.28. The molecule has 1 atom stereocenters. The van der Waals surface area contributed by atoms with Crippen molar-refractivity contribution in [3.05, 3.63) is 65.5 Å². The highest BCUT2D eigenvalue weighted by Crippen LogP contribution is 2.30.